The summed E-state index contributed by atoms with van der Waals surface area (Å²) in [6.07, 6.45) is 3.90. The van der Waals surface area contributed by atoms with Crippen molar-refractivity contribution >= 4 is 67.8 Å². The molecule has 1 aliphatic rings. The first-order chi connectivity index (χ1) is 16.1. The molecule has 0 radical (unpaired) electrons. The van der Waals surface area contributed by atoms with Crippen LogP contribution in [-0.4, -0.2) is 41.9 Å². The number of rotatable bonds is 9. The van der Waals surface area contributed by atoms with Gasteiger partial charge in [-0.1, -0.05) is 23.2 Å². The molecule has 3 aromatic heterocycles. The maximum atomic E-state index is 13.3. The van der Waals surface area contributed by atoms with E-state index in [0.717, 1.165) is 24.2 Å². The Morgan fingerprint density at radius 1 is 1.32 bits per heavy atom. The molecule has 0 aromatic carbocycles. The predicted octanol–water partition coefficient (Wildman–Crippen LogP) is 4.02. The summed E-state index contributed by atoms with van der Waals surface area (Å²) in [6, 6.07) is 4.94. The van der Waals surface area contributed by atoms with Gasteiger partial charge in [0.05, 0.1) is 25.7 Å². The molecule has 182 valence electrons. The summed E-state index contributed by atoms with van der Waals surface area (Å²) >= 11 is 14.6. The lowest BCUT2D eigenvalue weighted by atomic mass is 10.1. The number of aliphatic hydroxyl groups excluding tert-OH is 1. The molecule has 0 bridgehead atoms. The van der Waals surface area contributed by atoms with Crippen molar-refractivity contribution < 1.29 is 22.5 Å². The zero-order chi connectivity index (χ0) is 24.5. The molecule has 1 aliphatic carbocycles. The number of carbonyl (C=O) groups is 1. The molecular formula is C20H20Cl2N4O5S3. The third-order valence-electron chi connectivity index (χ3n) is 5.40. The van der Waals surface area contributed by atoms with Crippen molar-refractivity contribution in [2.24, 2.45) is 11.1 Å². The number of aliphatic hydroxyl groups is 1. The number of thiophene rings is 2. The summed E-state index contributed by atoms with van der Waals surface area (Å²) in [5.41, 5.74) is 0.693. The SMILES string of the molecule is NS(=O)(=O)OC[C@@H]1CC[C@H](Nc2ncncc2C(=O)c2cc(C(O)c3ccc(Cl)s3)c(Cl)s2)C1. The van der Waals surface area contributed by atoms with Gasteiger partial charge >= 0.3 is 10.3 Å². The fraction of sp³-hybridized carbons (Fsp3) is 0.350. The highest BCUT2D eigenvalue weighted by Crippen LogP contribution is 2.39. The van der Waals surface area contributed by atoms with Crippen molar-refractivity contribution in [3.63, 3.8) is 0 Å². The largest absolute Gasteiger partial charge is 0.383 e. The number of nitrogens with one attached hydrogen (secondary N) is 1. The molecule has 0 aliphatic heterocycles. The second-order valence-corrected chi connectivity index (χ2v) is 12.4. The number of nitrogens with two attached hydrogens (primary N) is 1. The number of aromatic nitrogens is 2. The lowest BCUT2D eigenvalue weighted by Crippen LogP contribution is -2.22. The molecule has 1 saturated carbocycles. The fourth-order valence-electron chi connectivity index (χ4n) is 3.80. The Labute approximate surface area is 214 Å². The number of halogens is 2. The number of hydrogen-bond donors (Lipinski definition) is 3. The van der Waals surface area contributed by atoms with Gasteiger partial charge in [-0.25, -0.2) is 15.1 Å². The van der Waals surface area contributed by atoms with E-state index in [1.165, 1.54) is 23.9 Å². The maximum absolute atomic E-state index is 13.3. The van der Waals surface area contributed by atoms with Crippen LogP contribution in [0.4, 0.5) is 5.82 Å². The highest BCUT2D eigenvalue weighted by Gasteiger charge is 2.28. The molecule has 3 heterocycles. The summed E-state index contributed by atoms with van der Waals surface area (Å²) in [5, 5.41) is 18.8. The number of ketones is 1. The van der Waals surface area contributed by atoms with E-state index in [4.69, 9.17) is 32.5 Å². The van der Waals surface area contributed by atoms with Crippen LogP contribution >= 0.6 is 45.9 Å². The molecular weight excluding hydrogens is 543 g/mol. The molecule has 9 nitrogen and oxygen atoms in total. The molecule has 3 atom stereocenters. The Morgan fingerprint density at radius 3 is 2.82 bits per heavy atom. The number of carbonyl (C=O) groups excluding carboxylic acids is 1. The summed E-state index contributed by atoms with van der Waals surface area (Å²) in [7, 11) is -3.98. The number of anilines is 1. The van der Waals surface area contributed by atoms with Crippen molar-refractivity contribution in [1.29, 1.82) is 0 Å². The van der Waals surface area contributed by atoms with Gasteiger partial charge in [0, 0.05) is 22.7 Å². The van der Waals surface area contributed by atoms with Crippen LogP contribution in [0.2, 0.25) is 8.67 Å². The lowest BCUT2D eigenvalue weighted by molar-refractivity contribution is 0.104. The predicted molar refractivity (Wildman–Crippen MR) is 132 cm³/mol. The normalized spacial score (nSPS) is 19.3. The Morgan fingerprint density at radius 2 is 2.12 bits per heavy atom. The topological polar surface area (TPSA) is 144 Å². The van der Waals surface area contributed by atoms with Crippen LogP contribution in [0.3, 0.4) is 0 Å². The third-order valence-corrected chi connectivity index (χ3v) is 8.54. The molecule has 1 unspecified atom stereocenters. The minimum atomic E-state index is -3.98. The molecule has 0 spiro atoms. The Hall–Kier alpha value is -1.64. The average molecular weight is 564 g/mol. The Bertz CT molecular complexity index is 1300. The minimum Gasteiger partial charge on any atom is -0.383 e. The fourth-order valence-corrected chi connectivity index (χ4v) is 6.52. The van der Waals surface area contributed by atoms with Gasteiger partial charge in [0.1, 0.15) is 18.2 Å². The van der Waals surface area contributed by atoms with Crippen LogP contribution in [0.1, 0.15) is 51.0 Å². The van der Waals surface area contributed by atoms with E-state index in [0.29, 0.717) is 36.2 Å². The molecule has 3 aromatic rings. The van der Waals surface area contributed by atoms with E-state index in [1.807, 2.05) is 0 Å². The summed E-state index contributed by atoms with van der Waals surface area (Å²) < 4.78 is 27.6. The van der Waals surface area contributed by atoms with Gasteiger partial charge in [0.25, 0.3) is 0 Å². The third kappa shape index (κ3) is 6.13. The highest BCUT2D eigenvalue weighted by atomic mass is 35.5. The lowest BCUT2D eigenvalue weighted by Gasteiger charge is -2.15. The van der Waals surface area contributed by atoms with Crippen LogP contribution in [-0.2, 0) is 14.5 Å². The van der Waals surface area contributed by atoms with Gasteiger partial charge in [-0.05, 0) is 43.4 Å². The summed E-state index contributed by atoms with van der Waals surface area (Å²) in [4.78, 5) is 22.5. The van der Waals surface area contributed by atoms with Crippen molar-refractivity contribution in [3.05, 3.63) is 60.3 Å². The number of hydrogen-bond acceptors (Lipinski definition) is 10. The van der Waals surface area contributed by atoms with Crippen molar-refractivity contribution in [2.75, 3.05) is 11.9 Å². The van der Waals surface area contributed by atoms with E-state index in [1.54, 1.807) is 18.2 Å². The van der Waals surface area contributed by atoms with Crippen LogP contribution in [0.15, 0.2) is 30.7 Å². The molecule has 4 rings (SSSR count). The van der Waals surface area contributed by atoms with Gasteiger partial charge in [0.15, 0.2) is 0 Å². The van der Waals surface area contributed by atoms with Gasteiger partial charge in [-0.3, -0.25) is 8.98 Å². The first-order valence-corrected chi connectivity index (χ1v) is 14.0. The second-order valence-electron chi connectivity index (χ2n) is 7.80. The maximum Gasteiger partial charge on any atom is 0.333 e. The van der Waals surface area contributed by atoms with Gasteiger partial charge < -0.3 is 10.4 Å². The van der Waals surface area contributed by atoms with Crippen LogP contribution in [0.5, 0.6) is 0 Å². The molecule has 0 saturated heterocycles. The molecule has 34 heavy (non-hydrogen) atoms. The van der Waals surface area contributed by atoms with Crippen molar-refractivity contribution in [3.8, 4) is 0 Å². The zero-order valence-corrected chi connectivity index (χ0v) is 21.4. The highest BCUT2D eigenvalue weighted by molar-refractivity contribution is 7.84. The quantitative estimate of drug-likeness (QED) is 0.331. The van der Waals surface area contributed by atoms with Gasteiger partial charge in [0.2, 0.25) is 5.78 Å². The zero-order valence-electron chi connectivity index (χ0n) is 17.5. The van der Waals surface area contributed by atoms with E-state index in [-0.39, 0.29) is 29.9 Å². The monoisotopic (exact) mass is 562 g/mol. The van der Waals surface area contributed by atoms with Crippen molar-refractivity contribution in [2.45, 2.75) is 31.4 Å². The molecule has 0 amide bonds. The van der Waals surface area contributed by atoms with E-state index in [2.05, 4.69) is 15.3 Å². The summed E-state index contributed by atoms with van der Waals surface area (Å²) in [5.74, 6) is 0.0576. The van der Waals surface area contributed by atoms with E-state index >= 15 is 0 Å². The molecule has 1 fully saturated rings. The van der Waals surface area contributed by atoms with E-state index < -0.39 is 16.4 Å². The smallest absolute Gasteiger partial charge is 0.333 e. The Balaban J connectivity index is 1.48. The minimum absolute atomic E-state index is 0.0147. The van der Waals surface area contributed by atoms with Crippen LogP contribution in [0, 0.1) is 5.92 Å². The van der Waals surface area contributed by atoms with Crippen LogP contribution in [0.25, 0.3) is 0 Å². The van der Waals surface area contributed by atoms with Crippen molar-refractivity contribution in [1.82, 2.24) is 9.97 Å². The van der Waals surface area contributed by atoms with E-state index in [9.17, 15) is 18.3 Å². The first-order valence-electron chi connectivity index (χ1n) is 10.1. The average Bonchev–Trinajstić information content (AvgIpc) is 3.51. The summed E-state index contributed by atoms with van der Waals surface area (Å²) in [6.45, 7) is 0.0147. The van der Waals surface area contributed by atoms with Gasteiger partial charge in [-0.2, -0.15) is 8.42 Å². The van der Waals surface area contributed by atoms with Gasteiger partial charge in [-0.15, -0.1) is 22.7 Å². The first kappa shape index (κ1) is 25.5. The standard InChI is InChI=1S/C20H20Cl2N4O5S3/c21-16-4-3-14(32-16)17(27)12-6-15(33-19(12)22)18(28)13-7-24-9-25-20(13)26-11-2-1-10(5-11)8-31-34(23,29)30/h3-4,6-7,9-11,17,27H,1-2,5,8H2,(H2,23,29,30)(H,24,25,26)/t10-,11+,17?/m1/s1. The second kappa shape index (κ2) is 10.5. The van der Waals surface area contributed by atoms with Crippen LogP contribution < -0.4 is 10.5 Å². The molecule has 14 heteroatoms. The molecule has 4 N–H and O–H groups in total. The number of nitrogens with zero attached hydrogens (tertiary/aromatic N) is 2. The Kier molecular flexibility index (Phi) is 7.89.